The number of methoxy groups -OCH3 is 1. The number of allylic oxidation sites excluding steroid dienone is 2. The molecule has 0 aliphatic heterocycles. The van der Waals surface area contributed by atoms with E-state index >= 15 is 0 Å². The van der Waals surface area contributed by atoms with Gasteiger partial charge in [-0.25, -0.2) is 9.97 Å². The van der Waals surface area contributed by atoms with Gasteiger partial charge in [0.1, 0.15) is 22.8 Å². The number of alkyl halides is 3. The fraction of sp³-hybridized carbons (Fsp3) is 0.176. The lowest BCUT2D eigenvalue weighted by atomic mass is 10.0. The Labute approximate surface area is 155 Å². The van der Waals surface area contributed by atoms with Gasteiger partial charge in [0.05, 0.1) is 23.3 Å². The number of aromatic nitrogens is 2. The molecule has 2 aromatic rings. The van der Waals surface area contributed by atoms with Crippen molar-refractivity contribution in [2.24, 2.45) is 0 Å². The summed E-state index contributed by atoms with van der Waals surface area (Å²) in [6.07, 6.45) is -0.455. The molecule has 0 bridgehead atoms. The van der Waals surface area contributed by atoms with E-state index < -0.39 is 23.3 Å². The van der Waals surface area contributed by atoms with Gasteiger partial charge in [0, 0.05) is 12.4 Å². The van der Waals surface area contributed by atoms with Gasteiger partial charge in [0.2, 0.25) is 11.6 Å². The zero-order chi connectivity index (χ0) is 19.8. The molecule has 0 amide bonds. The Balaban J connectivity index is 2.11. The summed E-state index contributed by atoms with van der Waals surface area (Å²) in [5.41, 5.74) is -1.44. The number of carbonyl (C=O) groups is 2. The van der Waals surface area contributed by atoms with E-state index in [1.54, 1.807) is 6.26 Å². The van der Waals surface area contributed by atoms with E-state index in [2.05, 4.69) is 15.3 Å². The van der Waals surface area contributed by atoms with Gasteiger partial charge in [-0.15, -0.1) is 11.8 Å². The Kier molecular flexibility index (Phi) is 4.92. The van der Waals surface area contributed by atoms with Gasteiger partial charge in [0.15, 0.2) is 0 Å². The predicted octanol–water partition coefficient (Wildman–Crippen LogP) is 3.57. The number of carbonyl (C=O) groups excluding carboxylic acids is 2. The Bertz CT molecular complexity index is 973. The van der Waals surface area contributed by atoms with Crippen molar-refractivity contribution in [1.29, 1.82) is 0 Å². The number of rotatable bonds is 4. The van der Waals surface area contributed by atoms with Crippen LogP contribution in [0.25, 0.3) is 0 Å². The van der Waals surface area contributed by atoms with E-state index in [0.29, 0.717) is 0 Å². The zero-order valence-electron chi connectivity index (χ0n) is 14.0. The van der Waals surface area contributed by atoms with Crippen molar-refractivity contribution in [1.82, 2.24) is 9.97 Å². The van der Waals surface area contributed by atoms with Crippen LogP contribution in [-0.2, 0) is 6.18 Å². The first-order chi connectivity index (χ1) is 12.8. The first-order valence-electron chi connectivity index (χ1n) is 7.48. The summed E-state index contributed by atoms with van der Waals surface area (Å²) in [7, 11) is 1.28. The third kappa shape index (κ3) is 3.39. The molecule has 1 heterocycles. The minimum atomic E-state index is -4.58. The molecule has 0 saturated heterocycles. The maximum Gasteiger partial charge on any atom is 0.416 e. The highest BCUT2D eigenvalue weighted by molar-refractivity contribution is 8.03. The average molecular weight is 395 g/mol. The lowest BCUT2D eigenvalue weighted by molar-refractivity contribution is -0.137. The molecule has 6 nitrogen and oxygen atoms in total. The molecule has 1 aromatic heterocycles. The number of benzene rings is 1. The number of anilines is 1. The number of hydrogen-bond donors (Lipinski definition) is 1. The molecule has 1 aliphatic rings. The Morgan fingerprint density at radius 3 is 2.26 bits per heavy atom. The van der Waals surface area contributed by atoms with Gasteiger partial charge >= 0.3 is 6.18 Å². The van der Waals surface area contributed by atoms with Crippen LogP contribution in [0.5, 0.6) is 5.75 Å². The topological polar surface area (TPSA) is 81.2 Å². The molecule has 1 N–H and O–H groups in total. The van der Waals surface area contributed by atoms with Crippen LogP contribution in [0.15, 0.2) is 41.2 Å². The molecule has 0 radical (unpaired) electrons. The number of nitrogens with one attached hydrogen (secondary N) is 1. The van der Waals surface area contributed by atoms with Crippen LogP contribution in [0, 0.1) is 0 Å². The van der Waals surface area contributed by atoms with E-state index in [1.165, 1.54) is 19.5 Å². The highest BCUT2D eigenvalue weighted by Crippen LogP contribution is 2.37. The molecular formula is C17H12F3N3O3S. The van der Waals surface area contributed by atoms with Crippen molar-refractivity contribution in [2.45, 2.75) is 6.18 Å². The van der Waals surface area contributed by atoms with Crippen molar-refractivity contribution in [2.75, 3.05) is 18.7 Å². The van der Waals surface area contributed by atoms with Crippen LogP contribution in [0.3, 0.4) is 0 Å². The Hall–Kier alpha value is -2.88. The van der Waals surface area contributed by atoms with Crippen molar-refractivity contribution in [3.63, 3.8) is 0 Å². The number of halogens is 3. The van der Waals surface area contributed by atoms with Crippen molar-refractivity contribution < 1.29 is 27.5 Å². The molecule has 1 aliphatic carbocycles. The molecule has 0 unspecified atom stereocenters. The van der Waals surface area contributed by atoms with Crippen molar-refractivity contribution in [3.05, 3.63) is 58.1 Å². The second-order valence-corrected chi connectivity index (χ2v) is 6.17. The van der Waals surface area contributed by atoms with Gasteiger partial charge in [-0.1, -0.05) is 0 Å². The SMILES string of the molecule is COc1ccc(C(F)(F)F)cc1NC1=C(SC)C(=O)c2nccnc2C1=O. The van der Waals surface area contributed by atoms with Crippen LogP contribution in [0.4, 0.5) is 18.9 Å². The monoisotopic (exact) mass is 395 g/mol. The first-order valence-corrected chi connectivity index (χ1v) is 8.71. The summed E-state index contributed by atoms with van der Waals surface area (Å²) in [6, 6.07) is 2.81. The maximum absolute atomic E-state index is 13.0. The molecule has 3 rings (SSSR count). The van der Waals surface area contributed by atoms with E-state index in [9.17, 15) is 22.8 Å². The largest absolute Gasteiger partial charge is 0.495 e. The predicted molar refractivity (Wildman–Crippen MR) is 92.9 cm³/mol. The van der Waals surface area contributed by atoms with E-state index in [0.717, 1.165) is 30.0 Å². The van der Waals surface area contributed by atoms with Crippen LogP contribution in [0.1, 0.15) is 26.5 Å². The van der Waals surface area contributed by atoms with Gasteiger partial charge in [-0.05, 0) is 24.5 Å². The molecule has 27 heavy (non-hydrogen) atoms. The summed E-state index contributed by atoms with van der Waals surface area (Å²) in [4.78, 5) is 33.2. The normalized spacial score (nSPS) is 14.3. The fourth-order valence-corrected chi connectivity index (χ4v) is 3.17. The molecule has 140 valence electrons. The molecule has 10 heteroatoms. The first kappa shape index (κ1) is 18.9. The van der Waals surface area contributed by atoms with Crippen molar-refractivity contribution in [3.8, 4) is 5.75 Å². The summed E-state index contributed by atoms with van der Waals surface area (Å²) >= 11 is 0.988. The molecule has 0 atom stereocenters. The molecule has 0 spiro atoms. The van der Waals surface area contributed by atoms with Crippen LogP contribution in [-0.4, -0.2) is 34.9 Å². The second-order valence-electron chi connectivity index (χ2n) is 5.36. The highest BCUT2D eigenvalue weighted by atomic mass is 32.2. The molecular weight excluding hydrogens is 383 g/mol. The lowest BCUT2D eigenvalue weighted by Gasteiger charge is -2.21. The van der Waals surface area contributed by atoms with Crippen LogP contribution < -0.4 is 10.1 Å². The zero-order valence-corrected chi connectivity index (χ0v) is 14.9. The van der Waals surface area contributed by atoms with Gasteiger partial charge in [0.25, 0.3) is 0 Å². The number of hydrogen-bond acceptors (Lipinski definition) is 7. The van der Waals surface area contributed by atoms with Gasteiger partial charge in [-0.2, -0.15) is 13.2 Å². The smallest absolute Gasteiger partial charge is 0.416 e. The van der Waals surface area contributed by atoms with Crippen LogP contribution in [0.2, 0.25) is 0 Å². The molecule has 1 aromatic carbocycles. The fourth-order valence-electron chi connectivity index (χ4n) is 2.54. The third-order valence-electron chi connectivity index (χ3n) is 3.78. The van der Waals surface area contributed by atoms with Crippen LogP contribution >= 0.6 is 11.8 Å². The number of fused-ring (bicyclic) bond motifs is 1. The number of thioether (sulfide) groups is 1. The maximum atomic E-state index is 13.0. The Morgan fingerprint density at radius 2 is 1.70 bits per heavy atom. The van der Waals surface area contributed by atoms with E-state index in [4.69, 9.17) is 4.74 Å². The number of ether oxygens (including phenoxy) is 1. The third-order valence-corrected chi connectivity index (χ3v) is 4.58. The number of nitrogens with zero attached hydrogens (tertiary/aromatic N) is 2. The standard InChI is InChI=1S/C17H12F3N3O3S/c1-26-10-4-3-8(17(18,19)20)7-9(10)23-13-14(24)11-12(22-6-5-21-11)15(25)16(13)27-2/h3-7,23H,1-2H3. The molecule has 0 fully saturated rings. The Morgan fingerprint density at radius 1 is 1.07 bits per heavy atom. The summed E-state index contributed by atoms with van der Waals surface area (Å²) in [6.45, 7) is 0. The van der Waals surface area contributed by atoms with E-state index in [-0.39, 0.29) is 33.4 Å². The second kappa shape index (κ2) is 7.03. The quantitative estimate of drug-likeness (QED) is 0.848. The van der Waals surface area contributed by atoms with E-state index in [1.807, 2.05) is 0 Å². The van der Waals surface area contributed by atoms with Gasteiger partial charge in [-0.3, -0.25) is 9.59 Å². The number of Topliss-reactive ketones (excluding diaryl/α,β-unsaturated/α-hetero) is 2. The minimum absolute atomic E-state index is 0.0347. The number of ketones is 2. The van der Waals surface area contributed by atoms with Gasteiger partial charge < -0.3 is 10.1 Å². The molecule has 0 saturated carbocycles. The summed E-state index contributed by atoms with van der Waals surface area (Å²) < 4.78 is 44.2. The summed E-state index contributed by atoms with van der Waals surface area (Å²) in [5, 5.41) is 2.63. The highest BCUT2D eigenvalue weighted by Gasteiger charge is 2.36. The average Bonchev–Trinajstić information content (AvgIpc) is 2.65. The van der Waals surface area contributed by atoms with Crippen molar-refractivity contribution >= 4 is 29.0 Å². The minimum Gasteiger partial charge on any atom is -0.495 e. The summed E-state index contributed by atoms with van der Waals surface area (Å²) in [5.74, 6) is -1.08. The lowest BCUT2D eigenvalue weighted by Crippen LogP contribution is -2.27.